The third-order valence-corrected chi connectivity index (χ3v) is 5.65. The molecule has 0 aliphatic heterocycles. The van der Waals surface area contributed by atoms with Crippen molar-refractivity contribution in [1.82, 2.24) is 20.4 Å². The Morgan fingerprint density at radius 3 is 2.55 bits per heavy atom. The Hall–Kier alpha value is -3.21. The van der Waals surface area contributed by atoms with E-state index in [0.29, 0.717) is 13.4 Å². The van der Waals surface area contributed by atoms with Gasteiger partial charge in [0, 0.05) is 25.8 Å². The second kappa shape index (κ2) is 10.6. The number of carbonyl (C=O) groups is 3. The molecule has 168 valence electrons. The van der Waals surface area contributed by atoms with E-state index in [9.17, 15) is 14.4 Å². The van der Waals surface area contributed by atoms with Crippen molar-refractivity contribution in [2.24, 2.45) is 0 Å². The zero-order valence-corrected chi connectivity index (χ0v) is 21.4. The van der Waals surface area contributed by atoms with Crippen molar-refractivity contribution in [3.8, 4) is 5.82 Å². The van der Waals surface area contributed by atoms with Gasteiger partial charge in [-0.3, -0.25) is 20.0 Å². The van der Waals surface area contributed by atoms with Crippen LogP contribution >= 0.6 is 47.8 Å². The third kappa shape index (κ3) is 5.59. The summed E-state index contributed by atoms with van der Waals surface area (Å²) in [5.74, 6) is -0.993. The second-order valence-electron chi connectivity index (χ2n) is 6.21. The van der Waals surface area contributed by atoms with Crippen molar-refractivity contribution in [3.05, 3.63) is 78.8 Å². The lowest BCUT2D eigenvalue weighted by atomic mass is 10.1. The number of methoxy groups -OCH3 is 1. The van der Waals surface area contributed by atoms with Crippen LogP contribution in [0.1, 0.15) is 20.8 Å². The van der Waals surface area contributed by atoms with Crippen LogP contribution in [0.4, 0.5) is 16.2 Å². The summed E-state index contributed by atoms with van der Waals surface area (Å²) in [6, 6.07) is 7.89. The topological polar surface area (TPSA) is 119 Å². The molecule has 0 bridgehead atoms. The fourth-order valence-corrected chi connectivity index (χ4v) is 4.47. The van der Waals surface area contributed by atoms with E-state index in [1.54, 1.807) is 30.5 Å². The summed E-state index contributed by atoms with van der Waals surface area (Å²) in [4.78, 5) is 44.8. The van der Waals surface area contributed by atoms with Crippen LogP contribution in [0.15, 0.2) is 56.1 Å². The van der Waals surface area contributed by atoms with Crippen LogP contribution in [0, 0.1) is 6.57 Å². The van der Waals surface area contributed by atoms with Crippen LogP contribution in [-0.4, -0.2) is 34.6 Å². The fourth-order valence-electron chi connectivity index (χ4n) is 2.73. The van der Waals surface area contributed by atoms with Crippen molar-refractivity contribution in [3.63, 3.8) is 0 Å². The van der Waals surface area contributed by atoms with Crippen LogP contribution in [0.2, 0.25) is 0 Å². The Morgan fingerprint density at radius 2 is 1.85 bits per heavy atom. The van der Waals surface area contributed by atoms with E-state index in [-0.39, 0.29) is 28.5 Å². The summed E-state index contributed by atoms with van der Waals surface area (Å²) in [6.07, 6.45) is 2.26. The number of ether oxygens (including phenoxy) is 1. The van der Waals surface area contributed by atoms with Gasteiger partial charge < -0.3 is 14.6 Å². The number of anilines is 1. The molecule has 0 aliphatic carbocycles. The number of hydrogen-bond donors (Lipinski definition) is 3. The largest absolute Gasteiger partial charge is 0.452 e. The zero-order valence-electron chi connectivity index (χ0n) is 16.6. The molecular formula is C20H13Br3N6O4. The summed E-state index contributed by atoms with van der Waals surface area (Å²) >= 11 is 9.99. The Bertz CT molecular complexity index is 1300. The minimum atomic E-state index is -0.864. The molecule has 3 aromatic rings. The van der Waals surface area contributed by atoms with Gasteiger partial charge in [-0.2, -0.15) is 0 Å². The van der Waals surface area contributed by atoms with Crippen LogP contribution < -0.4 is 16.2 Å². The Morgan fingerprint density at radius 1 is 1.09 bits per heavy atom. The SMILES string of the molecule is [C-]#[N+]c1cccnc1-n1cc(Br)cc1C(=O)Nc1c(Br)cc(Br)cc1C(=O)NNC(=O)OC. The molecule has 2 aromatic heterocycles. The summed E-state index contributed by atoms with van der Waals surface area (Å²) in [6.45, 7) is 7.37. The van der Waals surface area contributed by atoms with E-state index >= 15 is 0 Å². The van der Waals surface area contributed by atoms with E-state index in [2.05, 4.69) is 78.5 Å². The summed E-state index contributed by atoms with van der Waals surface area (Å²) in [5, 5.41) is 2.71. The molecule has 0 aliphatic rings. The first-order valence-corrected chi connectivity index (χ1v) is 11.3. The number of aromatic nitrogens is 2. The highest BCUT2D eigenvalue weighted by Gasteiger charge is 2.22. The van der Waals surface area contributed by atoms with Gasteiger partial charge in [-0.1, -0.05) is 28.1 Å². The first kappa shape index (κ1) is 24.4. The first-order valence-electron chi connectivity index (χ1n) is 8.90. The van der Waals surface area contributed by atoms with Gasteiger partial charge in [-0.15, -0.1) is 0 Å². The molecule has 3 N–H and O–H groups in total. The maximum Gasteiger partial charge on any atom is 0.425 e. The van der Waals surface area contributed by atoms with Gasteiger partial charge >= 0.3 is 6.09 Å². The quantitative estimate of drug-likeness (QED) is 0.275. The van der Waals surface area contributed by atoms with Crippen LogP contribution in [0.25, 0.3) is 10.7 Å². The van der Waals surface area contributed by atoms with Crippen molar-refractivity contribution in [1.29, 1.82) is 0 Å². The minimum Gasteiger partial charge on any atom is -0.452 e. The lowest BCUT2D eigenvalue weighted by Crippen LogP contribution is -2.41. The highest BCUT2D eigenvalue weighted by molar-refractivity contribution is 9.11. The lowest BCUT2D eigenvalue weighted by molar-refractivity contribution is 0.0921. The Balaban J connectivity index is 1.99. The highest BCUT2D eigenvalue weighted by Crippen LogP contribution is 2.32. The number of carbonyl (C=O) groups excluding carboxylic acids is 3. The molecule has 3 rings (SSSR count). The predicted octanol–water partition coefficient (Wildman–Crippen LogP) is 4.96. The van der Waals surface area contributed by atoms with Crippen LogP contribution in [0.3, 0.4) is 0 Å². The molecule has 0 atom stereocenters. The number of amides is 3. The average molecular weight is 641 g/mol. The normalized spacial score (nSPS) is 10.2. The fraction of sp³-hybridized carbons (Fsp3) is 0.0500. The van der Waals surface area contributed by atoms with Gasteiger partial charge in [-0.25, -0.2) is 15.1 Å². The van der Waals surface area contributed by atoms with E-state index in [4.69, 9.17) is 6.57 Å². The van der Waals surface area contributed by atoms with Crippen molar-refractivity contribution < 1.29 is 19.1 Å². The number of nitrogens with one attached hydrogen (secondary N) is 3. The minimum absolute atomic E-state index is 0.0536. The molecule has 13 heteroatoms. The molecule has 0 spiro atoms. The van der Waals surface area contributed by atoms with E-state index in [1.165, 1.54) is 16.8 Å². The average Bonchev–Trinajstić information content (AvgIpc) is 3.20. The lowest BCUT2D eigenvalue weighted by Gasteiger charge is -2.15. The van der Waals surface area contributed by atoms with Crippen molar-refractivity contribution in [2.75, 3.05) is 12.4 Å². The molecule has 0 saturated heterocycles. The van der Waals surface area contributed by atoms with Gasteiger partial charge in [-0.05, 0) is 50.1 Å². The van der Waals surface area contributed by atoms with Crippen molar-refractivity contribution >= 4 is 77.1 Å². The van der Waals surface area contributed by atoms with Gasteiger partial charge in [0.25, 0.3) is 11.8 Å². The number of hydrazine groups is 1. The van der Waals surface area contributed by atoms with Crippen LogP contribution in [0.5, 0.6) is 0 Å². The zero-order chi connectivity index (χ0) is 24.1. The Labute approximate surface area is 212 Å². The molecule has 0 radical (unpaired) electrons. The molecular weight excluding hydrogens is 628 g/mol. The maximum atomic E-state index is 13.2. The smallest absolute Gasteiger partial charge is 0.425 e. The van der Waals surface area contributed by atoms with E-state index in [0.717, 1.165) is 7.11 Å². The number of benzene rings is 1. The van der Waals surface area contributed by atoms with Gasteiger partial charge in [0.05, 0.1) is 24.9 Å². The molecule has 3 amide bonds. The van der Waals surface area contributed by atoms with Crippen molar-refractivity contribution in [2.45, 2.75) is 0 Å². The van der Waals surface area contributed by atoms with Gasteiger partial charge in [0.1, 0.15) is 11.5 Å². The molecule has 10 nitrogen and oxygen atoms in total. The first-order chi connectivity index (χ1) is 15.7. The number of hydrogen-bond acceptors (Lipinski definition) is 5. The van der Waals surface area contributed by atoms with Gasteiger partial charge in [0.15, 0.2) is 0 Å². The maximum absolute atomic E-state index is 13.2. The number of rotatable bonds is 4. The number of halogens is 3. The molecule has 33 heavy (non-hydrogen) atoms. The molecule has 0 saturated carbocycles. The monoisotopic (exact) mass is 638 g/mol. The molecule has 0 unspecified atom stereocenters. The number of pyridine rings is 1. The van der Waals surface area contributed by atoms with Crippen LogP contribution in [-0.2, 0) is 4.74 Å². The van der Waals surface area contributed by atoms with E-state index < -0.39 is 17.9 Å². The van der Waals surface area contributed by atoms with E-state index in [1.807, 2.05) is 0 Å². The molecule has 2 heterocycles. The standard InChI is InChI=1S/C20H13Br3N6O4/c1-24-14-4-3-5-25-17(14)29-9-11(22)8-15(29)19(31)26-16-12(6-10(21)7-13(16)23)18(30)27-28-20(32)33-2/h3-9H,2H3,(H,26,31)(H,27,30)(H,28,32). The number of nitrogens with zero attached hydrogens (tertiary/aromatic N) is 3. The highest BCUT2D eigenvalue weighted by atomic mass is 79.9. The van der Waals surface area contributed by atoms with Gasteiger partial charge in [0.2, 0.25) is 5.69 Å². The summed E-state index contributed by atoms with van der Waals surface area (Å²) in [5.41, 5.74) is 4.91. The summed E-state index contributed by atoms with van der Waals surface area (Å²) < 4.78 is 7.44. The summed E-state index contributed by atoms with van der Waals surface area (Å²) in [7, 11) is 1.15. The predicted molar refractivity (Wildman–Crippen MR) is 130 cm³/mol. The third-order valence-electron chi connectivity index (χ3n) is 4.14. The Kier molecular flexibility index (Phi) is 7.85. The molecule has 1 aromatic carbocycles. The molecule has 0 fully saturated rings. The second-order valence-corrected chi connectivity index (χ2v) is 8.89.